The molecule has 0 radical (unpaired) electrons. The zero-order valence-electron chi connectivity index (χ0n) is 19.9. The number of benzene rings is 2. The first-order valence-corrected chi connectivity index (χ1v) is 11.1. The van der Waals surface area contributed by atoms with Crippen molar-refractivity contribution in [2.75, 3.05) is 16.0 Å². The highest BCUT2D eigenvalue weighted by atomic mass is 19.4. The summed E-state index contributed by atoms with van der Waals surface area (Å²) in [5.41, 5.74) is 0.580. The van der Waals surface area contributed by atoms with Crippen molar-refractivity contribution in [2.24, 2.45) is 4.99 Å². The van der Waals surface area contributed by atoms with E-state index in [0.717, 1.165) is 12.1 Å². The van der Waals surface area contributed by atoms with Crippen LogP contribution in [0.1, 0.15) is 18.1 Å². The number of nitrogens with zero attached hydrogens (tertiary/aromatic N) is 4. The van der Waals surface area contributed by atoms with Gasteiger partial charge in [-0.3, -0.25) is 9.79 Å². The van der Waals surface area contributed by atoms with Crippen molar-refractivity contribution >= 4 is 34.6 Å². The lowest BCUT2D eigenvalue weighted by molar-refractivity contribution is -0.137. The summed E-state index contributed by atoms with van der Waals surface area (Å²) in [6.45, 7) is 5.27. The number of hydrogen-bond acceptors (Lipinski definition) is 6. The Kier molecular flexibility index (Phi) is 7.37. The van der Waals surface area contributed by atoms with Crippen LogP contribution in [0.4, 0.5) is 40.8 Å². The Bertz CT molecular complexity index is 1540. The average Bonchev–Trinajstić information content (AvgIpc) is 3.40. The van der Waals surface area contributed by atoms with Gasteiger partial charge in [0.25, 0.3) is 0 Å². The third kappa shape index (κ3) is 5.95. The van der Waals surface area contributed by atoms with Crippen LogP contribution in [0.2, 0.25) is 0 Å². The first-order valence-electron chi connectivity index (χ1n) is 11.1. The fraction of sp³-hybridized carbons (Fsp3) is 0.0800. The van der Waals surface area contributed by atoms with Crippen molar-refractivity contribution in [3.8, 4) is 5.69 Å². The first kappa shape index (κ1) is 25.9. The van der Waals surface area contributed by atoms with Crippen LogP contribution in [0.25, 0.3) is 5.69 Å². The number of rotatable bonds is 7. The molecule has 13 heteroatoms. The Morgan fingerprint density at radius 1 is 1.13 bits per heavy atom. The molecule has 0 fully saturated rings. The summed E-state index contributed by atoms with van der Waals surface area (Å²) in [4.78, 5) is 32.4. The minimum absolute atomic E-state index is 0.114. The van der Waals surface area contributed by atoms with E-state index in [1.807, 2.05) is 0 Å². The number of aromatic nitrogens is 4. The van der Waals surface area contributed by atoms with Gasteiger partial charge in [-0.1, -0.05) is 11.8 Å². The first-order chi connectivity index (χ1) is 18.2. The van der Waals surface area contributed by atoms with Gasteiger partial charge in [0.2, 0.25) is 0 Å². The molecule has 10 nitrogen and oxygen atoms in total. The predicted octanol–water partition coefficient (Wildman–Crippen LogP) is 5.31. The third-order valence-electron chi connectivity index (χ3n) is 5.23. The zero-order chi connectivity index (χ0) is 27.3. The summed E-state index contributed by atoms with van der Waals surface area (Å²) < 4.78 is 41.0. The summed E-state index contributed by atoms with van der Waals surface area (Å²) >= 11 is 0. The highest BCUT2D eigenvalue weighted by Gasteiger charge is 2.31. The molecular weight excluding hydrogens is 501 g/mol. The van der Waals surface area contributed by atoms with Crippen LogP contribution in [0.5, 0.6) is 0 Å². The normalized spacial score (nSPS) is 11.6. The number of halogens is 3. The van der Waals surface area contributed by atoms with Crippen molar-refractivity contribution in [3.63, 3.8) is 0 Å². The van der Waals surface area contributed by atoms with Crippen LogP contribution in [0.3, 0.4) is 0 Å². The van der Waals surface area contributed by atoms with E-state index in [1.165, 1.54) is 41.6 Å². The molecule has 2 aromatic carbocycles. The molecule has 0 bridgehead atoms. The second kappa shape index (κ2) is 10.8. The van der Waals surface area contributed by atoms with Crippen molar-refractivity contribution in [2.45, 2.75) is 13.1 Å². The standard InChI is InChI=1S/C25H21F3N8O2/c1-3-29-23-22(21(37)10-11-30-23)15(2)32-17-5-7-18(8-6-17)33-24(38)34-19-14-16(25(26,27)28)4-9-20(19)36-13-12-31-35-36/h3-14H,1H2,2H3,(H2,29,30,37)(H2,33,34,38). The number of hydrogen-bond donors (Lipinski definition) is 4. The van der Waals surface area contributed by atoms with Crippen LogP contribution in [-0.2, 0) is 6.18 Å². The largest absolute Gasteiger partial charge is 0.416 e. The summed E-state index contributed by atoms with van der Waals surface area (Å²) in [5.74, 6) is 0.448. The van der Waals surface area contributed by atoms with Crippen molar-refractivity contribution < 1.29 is 18.0 Å². The number of urea groups is 1. The van der Waals surface area contributed by atoms with Gasteiger partial charge in [0.15, 0.2) is 5.43 Å². The molecule has 4 rings (SSSR count). The summed E-state index contributed by atoms with van der Waals surface area (Å²) in [6.07, 6.45) is 1.13. The summed E-state index contributed by atoms with van der Waals surface area (Å²) in [5, 5.41) is 15.3. The van der Waals surface area contributed by atoms with Gasteiger partial charge in [0, 0.05) is 18.0 Å². The zero-order valence-corrected chi connectivity index (χ0v) is 19.9. The molecule has 0 aliphatic rings. The van der Waals surface area contributed by atoms with E-state index in [9.17, 15) is 22.8 Å². The Morgan fingerprint density at radius 2 is 1.89 bits per heavy atom. The SMILES string of the molecule is C=CNc1[nH]ccc(=O)c1C(C)=Nc1ccc(NC(=O)Nc2cc(C(F)(F)F)ccc2-n2ccnn2)cc1. The fourth-order valence-corrected chi connectivity index (χ4v) is 3.56. The maximum Gasteiger partial charge on any atom is 0.416 e. The second-order valence-electron chi connectivity index (χ2n) is 7.84. The van der Waals surface area contributed by atoms with Crippen LogP contribution in [0, 0.1) is 0 Å². The summed E-state index contributed by atoms with van der Waals surface area (Å²) in [7, 11) is 0. The molecule has 2 aromatic heterocycles. The number of carbonyl (C=O) groups excluding carboxylic acids is 1. The number of alkyl halides is 3. The molecular formula is C25H21F3N8O2. The number of H-pyrrole nitrogens is 1. The molecule has 2 amide bonds. The molecule has 4 N–H and O–H groups in total. The predicted molar refractivity (Wildman–Crippen MR) is 138 cm³/mol. The number of nitrogens with one attached hydrogen (secondary N) is 4. The molecule has 0 aliphatic heterocycles. The van der Waals surface area contributed by atoms with Crippen LogP contribution >= 0.6 is 0 Å². The molecule has 0 unspecified atom stereocenters. The van der Waals surface area contributed by atoms with E-state index in [2.05, 4.69) is 42.8 Å². The van der Waals surface area contributed by atoms with E-state index in [-0.39, 0.29) is 16.8 Å². The van der Waals surface area contributed by atoms with Crippen molar-refractivity contribution in [1.29, 1.82) is 0 Å². The van der Waals surface area contributed by atoms with Gasteiger partial charge in [0.05, 0.1) is 46.3 Å². The second-order valence-corrected chi connectivity index (χ2v) is 7.84. The van der Waals surface area contributed by atoms with E-state index < -0.39 is 17.8 Å². The molecule has 38 heavy (non-hydrogen) atoms. The molecule has 194 valence electrons. The van der Waals surface area contributed by atoms with E-state index in [4.69, 9.17) is 0 Å². The highest BCUT2D eigenvalue weighted by Crippen LogP contribution is 2.33. The number of aliphatic imine (C=N–C) groups is 1. The molecule has 4 aromatic rings. The summed E-state index contributed by atoms with van der Waals surface area (Å²) in [6, 6.07) is 9.86. The minimum Gasteiger partial charge on any atom is -0.348 e. The average molecular weight is 522 g/mol. The van der Waals surface area contributed by atoms with Gasteiger partial charge in [-0.15, -0.1) is 5.10 Å². The van der Waals surface area contributed by atoms with Crippen molar-refractivity contribution in [1.82, 2.24) is 20.0 Å². The highest BCUT2D eigenvalue weighted by molar-refractivity contribution is 6.04. The number of aromatic amines is 1. The molecule has 0 saturated carbocycles. The molecule has 0 spiro atoms. The maximum atomic E-state index is 13.2. The van der Waals surface area contributed by atoms with E-state index >= 15 is 0 Å². The molecule has 0 aliphatic carbocycles. The van der Waals surface area contributed by atoms with Gasteiger partial charge < -0.3 is 20.9 Å². The minimum atomic E-state index is -4.60. The van der Waals surface area contributed by atoms with E-state index in [1.54, 1.807) is 31.2 Å². The van der Waals surface area contributed by atoms with Gasteiger partial charge in [-0.2, -0.15) is 13.2 Å². The fourth-order valence-electron chi connectivity index (χ4n) is 3.56. The Balaban J connectivity index is 1.52. The Labute approximate surface area is 213 Å². The Morgan fingerprint density at radius 3 is 2.55 bits per heavy atom. The van der Waals surface area contributed by atoms with Crippen LogP contribution in [-0.4, -0.2) is 31.7 Å². The van der Waals surface area contributed by atoms with Gasteiger partial charge >= 0.3 is 12.2 Å². The van der Waals surface area contributed by atoms with Gasteiger partial charge in [0.1, 0.15) is 5.82 Å². The Hall–Kier alpha value is -5.20. The quantitative estimate of drug-likeness (QED) is 0.244. The number of amides is 2. The van der Waals surface area contributed by atoms with Crippen LogP contribution in [0.15, 0.2) is 89.7 Å². The number of carbonyl (C=O) groups is 1. The van der Waals surface area contributed by atoms with Crippen LogP contribution < -0.4 is 21.4 Å². The third-order valence-corrected chi connectivity index (χ3v) is 5.23. The van der Waals surface area contributed by atoms with E-state index in [0.29, 0.717) is 28.5 Å². The van der Waals surface area contributed by atoms with Crippen molar-refractivity contribution in [3.05, 3.63) is 101 Å². The molecule has 0 saturated heterocycles. The van der Waals surface area contributed by atoms with Gasteiger partial charge in [-0.25, -0.2) is 9.48 Å². The lowest BCUT2D eigenvalue weighted by Crippen LogP contribution is -2.21. The number of pyridine rings is 1. The monoisotopic (exact) mass is 522 g/mol. The van der Waals surface area contributed by atoms with Gasteiger partial charge in [-0.05, 0) is 55.6 Å². The smallest absolute Gasteiger partial charge is 0.348 e. The lowest BCUT2D eigenvalue weighted by Gasteiger charge is -2.15. The molecule has 0 atom stereocenters. The topological polar surface area (TPSA) is 129 Å². The lowest BCUT2D eigenvalue weighted by atomic mass is 10.1. The maximum absolute atomic E-state index is 13.2. The molecule has 2 heterocycles. The number of anilines is 3.